The average molecular weight is 257 g/mol. The fourth-order valence-corrected chi connectivity index (χ4v) is 1.21. The van der Waals surface area contributed by atoms with Gasteiger partial charge < -0.3 is 15.2 Å². The molecule has 2 unspecified atom stereocenters. The standard InChI is InChI=1S/C12H19NO5/c1-7(2)11(15)17-6-5-10(18-12(13)16)8(3)9(4)14/h8,10H,1,5-6H2,2-4H3,(H2,13,16). The summed E-state index contributed by atoms with van der Waals surface area (Å²) in [5.74, 6) is -1.16. The first kappa shape index (κ1) is 16.1. The van der Waals surface area contributed by atoms with Crippen LogP contribution in [0, 0.1) is 5.92 Å². The van der Waals surface area contributed by atoms with Crippen LogP contribution in [0.4, 0.5) is 4.79 Å². The Morgan fingerprint density at radius 3 is 2.22 bits per heavy atom. The van der Waals surface area contributed by atoms with Crippen LogP contribution in [-0.4, -0.2) is 30.6 Å². The quantitative estimate of drug-likeness (QED) is 0.546. The van der Waals surface area contributed by atoms with Crippen molar-refractivity contribution >= 4 is 17.8 Å². The molecule has 0 aliphatic heterocycles. The van der Waals surface area contributed by atoms with Crippen LogP contribution in [0.1, 0.15) is 27.2 Å². The molecule has 0 aromatic heterocycles. The van der Waals surface area contributed by atoms with Crippen molar-refractivity contribution in [3.63, 3.8) is 0 Å². The van der Waals surface area contributed by atoms with Crippen molar-refractivity contribution in [2.75, 3.05) is 6.61 Å². The largest absolute Gasteiger partial charge is 0.462 e. The van der Waals surface area contributed by atoms with Crippen LogP contribution >= 0.6 is 0 Å². The third kappa shape index (κ3) is 6.03. The lowest BCUT2D eigenvalue weighted by molar-refractivity contribution is -0.139. The Hall–Kier alpha value is -1.85. The monoisotopic (exact) mass is 257 g/mol. The van der Waals surface area contributed by atoms with Crippen molar-refractivity contribution < 1.29 is 23.9 Å². The minimum Gasteiger partial charge on any atom is -0.462 e. The van der Waals surface area contributed by atoms with E-state index < -0.39 is 24.1 Å². The lowest BCUT2D eigenvalue weighted by Gasteiger charge is -2.21. The zero-order chi connectivity index (χ0) is 14.3. The van der Waals surface area contributed by atoms with Crippen LogP contribution in [0.3, 0.4) is 0 Å². The van der Waals surface area contributed by atoms with Crippen LogP contribution < -0.4 is 5.73 Å². The molecule has 0 aromatic rings. The number of primary amides is 1. The van der Waals surface area contributed by atoms with Gasteiger partial charge in [0.1, 0.15) is 11.9 Å². The highest BCUT2D eigenvalue weighted by Crippen LogP contribution is 2.13. The maximum Gasteiger partial charge on any atom is 0.404 e. The van der Waals surface area contributed by atoms with E-state index in [1.165, 1.54) is 13.8 Å². The molecular weight excluding hydrogens is 238 g/mol. The molecule has 0 aliphatic carbocycles. The number of esters is 1. The fraction of sp³-hybridized carbons (Fsp3) is 0.583. The van der Waals surface area contributed by atoms with E-state index in [1.54, 1.807) is 6.92 Å². The molecule has 6 heteroatoms. The van der Waals surface area contributed by atoms with Crippen LogP contribution in [0.2, 0.25) is 0 Å². The van der Waals surface area contributed by atoms with E-state index in [-0.39, 0.29) is 24.4 Å². The molecule has 0 aromatic carbocycles. The summed E-state index contributed by atoms with van der Waals surface area (Å²) in [4.78, 5) is 33.1. The third-order valence-corrected chi connectivity index (χ3v) is 2.45. The van der Waals surface area contributed by atoms with Crippen LogP contribution in [0.15, 0.2) is 12.2 Å². The van der Waals surface area contributed by atoms with Gasteiger partial charge in [0.2, 0.25) is 0 Å². The van der Waals surface area contributed by atoms with Gasteiger partial charge in [-0.05, 0) is 13.8 Å². The summed E-state index contributed by atoms with van der Waals surface area (Å²) >= 11 is 0. The number of carbonyl (C=O) groups is 3. The van der Waals surface area contributed by atoms with Gasteiger partial charge in [0.25, 0.3) is 0 Å². The second-order valence-corrected chi connectivity index (χ2v) is 4.08. The van der Waals surface area contributed by atoms with Crippen molar-refractivity contribution in [3.05, 3.63) is 12.2 Å². The first-order valence-electron chi connectivity index (χ1n) is 5.54. The molecule has 0 aliphatic rings. The third-order valence-electron chi connectivity index (χ3n) is 2.45. The van der Waals surface area contributed by atoms with E-state index in [0.29, 0.717) is 0 Å². The summed E-state index contributed by atoms with van der Waals surface area (Å²) in [6.45, 7) is 8.00. The highest BCUT2D eigenvalue weighted by atomic mass is 16.6. The number of ether oxygens (including phenoxy) is 2. The lowest BCUT2D eigenvalue weighted by Crippen LogP contribution is -2.33. The van der Waals surface area contributed by atoms with Crippen molar-refractivity contribution in [3.8, 4) is 0 Å². The van der Waals surface area contributed by atoms with Crippen LogP contribution in [0.25, 0.3) is 0 Å². The van der Waals surface area contributed by atoms with Gasteiger partial charge in [-0.3, -0.25) is 4.79 Å². The number of ketones is 1. The molecule has 2 N–H and O–H groups in total. The molecule has 18 heavy (non-hydrogen) atoms. The van der Waals surface area contributed by atoms with E-state index in [2.05, 4.69) is 6.58 Å². The Kier molecular flexibility index (Phi) is 6.70. The first-order chi connectivity index (χ1) is 8.25. The fourth-order valence-electron chi connectivity index (χ4n) is 1.21. The minimum absolute atomic E-state index is 0.0290. The molecule has 2 atom stereocenters. The van der Waals surface area contributed by atoms with Gasteiger partial charge in [0.15, 0.2) is 0 Å². The topological polar surface area (TPSA) is 95.7 Å². The number of nitrogens with two attached hydrogens (primary N) is 1. The van der Waals surface area contributed by atoms with Crippen molar-refractivity contribution in [1.29, 1.82) is 0 Å². The van der Waals surface area contributed by atoms with Crippen molar-refractivity contribution in [1.82, 2.24) is 0 Å². The Labute approximate surface area is 106 Å². The number of carbonyl (C=O) groups excluding carboxylic acids is 3. The number of amides is 1. The summed E-state index contributed by atoms with van der Waals surface area (Å²) in [5.41, 5.74) is 5.20. The van der Waals surface area contributed by atoms with Gasteiger partial charge in [0.05, 0.1) is 12.5 Å². The van der Waals surface area contributed by atoms with Crippen molar-refractivity contribution in [2.45, 2.75) is 33.3 Å². The van der Waals surface area contributed by atoms with E-state index in [4.69, 9.17) is 15.2 Å². The summed E-state index contributed by atoms with van der Waals surface area (Å²) in [6.07, 6.45) is -1.44. The highest BCUT2D eigenvalue weighted by Gasteiger charge is 2.24. The first-order valence-corrected chi connectivity index (χ1v) is 5.54. The van der Waals surface area contributed by atoms with E-state index in [9.17, 15) is 14.4 Å². The smallest absolute Gasteiger partial charge is 0.404 e. The normalized spacial score (nSPS) is 13.3. The molecule has 0 bridgehead atoms. The maximum absolute atomic E-state index is 11.2. The molecule has 0 heterocycles. The Bertz CT molecular complexity index is 350. The SMILES string of the molecule is C=C(C)C(=O)OCCC(OC(N)=O)C(C)C(C)=O. The molecule has 1 amide bonds. The zero-order valence-electron chi connectivity index (χ0n) is 10.9. The molecular formula is C12H19NO5. The Morgan fingerprint density at radius 1 is 1.28 bits per heavy atom. The Morgan fingerprint density at radius 2 is 1.83 bits per heavy atom. The molecule has 102 valence electrons. The minimum atomic E-state index is -0.959. The second kappa shape index (κ2) is 7.47. The van der Waals surface area contributed by atoms with Crippen molar-refractivity contribution in [2.24, 2.45) is 11.7 Å². The average Bonchev–Trinajstić information content (AvgIpc) is 2.25. The summed E-state index contributed by atoms with van der Waals surface area (Å²) in [5, 5.41) is 0. The predicted octanol–water partition coefficient (Wildman–Crippen LogP) is 1.18. The van der Waals surface area contributed by atoms with Crippen LogP contribution in [-0.2, 0) is 19.1 Å². The maximum atomic E-state index is 11.2. The number of hydrogen-bond donors (Lipinski definition) is 1. The van der Waals surface area contributed by atoms with E-state index >= 15 is 0 Å². The van der Waals surface area contributed by atoms with Gasteiger partial charge in [-0.1, -0.05) is 13.5 Å². The lowest BCUT2D eigenvalue weighted by atomic mass is 9.98. The van der Waals surface area contributed by atoms with Gasteiger partial charge in [0, 0.05) is 12.0 Å². The van der Waals surface area contributed by atoms with Gasteiger partial charge in [-0.25, -0.2) is 9.59 Å². The molecule has 0 saturated carbocycles. The summed E-state index contributed by atoms with van der Waals surface area (Å²) in [7, 11) is 0. The van der Waals surface area contributed by atoms with Crippen LogP contribution in [0.5, 0.6) is 0 Å². The second-order valence-electron chi connectivity index (χ2n) is 4.08. The predicted molar refractivity (Wildman–Crippen MR) is 64.7 cm³/mol. The van der Waals surface area contributed by atoms with E-state index in [0.717, 1.165) is 0 Å². The van der Waals surface area contributed by atoms with Gasteiger partial charge in [-0.15, -0.1) is 0 Å². The molecule has 0 rings (SSSR count). The molecule has 0 spiro atoms. The number of Topliss-reactive ketones (excluding diaryl/α,β-unsaturated/α-hetero) is 1. The molecule has 6 nitrogen and oxygen atoms in total. The van der Waals surface area contributed by atoms with E-state index in [1.807, 2.05) is 0 Å². The highest BCUT2D eigenvalue weighted by molar-refractivity contribution is 5.86. The van der Waals surface area contributed by atoms with Gasteiger partial charge >= 0.3 is 12.1 Å². The Balaban J connectivity index is 4.33. The summed E-state index contributed by atoms with van der Waals surface area (Å²) < 4.78 is 9.68. The van der Waals surface area contributed by atoms with Gasteiger partial charge in [-0.2, -0.15) is 0 Å². The molecule has 0 radical (unpaired) electrons. The number of rotatable bonds is 7. The molecule has 0 saturated heterocycles. The zero-order valence-corrected chi connectivity index (χ0v) is 10.9. The number of hydrogen-bond acceptors (Lipinski definition) is 5. The summed E-state index contributed by atoms with van der Waals surface area (Å²) in [6, 6.07) is 0. The molecule has 0 fully saturated rings.